The molecule has 52 valence electrons. The van der Waals surface area contributed by atoms with Gasteiger partial charge in [0.2, 0.25) is 0 Å². The molecule has 4 N–H and O–H groups in total. The summed E-state index contributed by atoms with van der Waals surface area (Å²) in [7, 11) is 0. The van der Waals surface area contributed by atoms with Crippen LogP contribution in [0.15, 0.2) is 18.6 Å². The molecule has 2 rings (SSSR count). The van der Waals surface area contributed by atoms with Crippen LogP contribution in [0.25, 0.3) is 5.52 Å². The molecule has 5 nitrogen and oxygen atoms in total. The molecule has 0 radical (unpaired) electrons. The van der Waals surface area contributed by atoms with Crippen LogP contribution in [0, 0.1) is 0 Å². The Morgan fingerprint density at radius 1 is 1.50 bits per heavy atom. The molecule has 0 aliphatic carbocycles. The van der Waals surface area contributed by atoms with Crippen LogP contribution in [-0.4, -0.2) is 14.3 Å². The van der Waals surface area contributed by atoms with Crippen LogP contribution in [0.2, 0.25) is 0 Å². The monoisotopic (exact) mass is 137 g/mol. The summed E-state index contributed by atoms with van der Waals surface area (Å²) in [5, 5.41) is 0. The minimum absolute atomic E-state index is 0.504. The molecule has 10 heavy (non-hydrogen) atoms. The van der Waals surface area contributed by atoms with Crippen LogP contribution in [-0.2, 0) is 0 Å². The van der Waals surface area contributed by atoms with Crippen molar-refractivity contribution in [1.29, 1.82) is 0 Å². The van der Waals surface area contributed by atoms with Crippen molar-refractivity contribution in [3.63, 3.8) is 0 Å². The van der Waals surface area contributed by atoms with E-state index >= 15 is 0 Å². The zero-order chi connectivity index (χ0) is 7.14. The van der Waals surface area contributed by atoms with Crippen LogP contribution in [0.4, 0.5) is 5.82 Å². The highest BCUT2D eigenvalue weighted by Crippen LogP contribution is 2.09. The van der Waals surface area contributed by atoms with E-state index in [-0.39, 0.29) is 0 Å². The molecular formula is C5H7N5. The van der Waals surface area contributed by atoms with Crippen LogP contribution in [0.5, 0.6) is 0 Å². The van der Waals surface area contributed by atoms with Gasteiger partial charge in [-0.05, 0) is 6.07 Å². The minimum atomic E-state index is 0.504. The Morgan fingerprint density at radius 2 is 2.30 bits per heavy atom. The summed E-state index contributed by atoms with van der Waals surface area (Å²) in [6.45, 7) is 0. The van der Waals surface area contributed by atoms with Gasteiger partial charge in [0.1, 0.15) is 11.8 Å². The maximum Gasteiger partial charge on any atom is 0.151 e. The summed E-state index contributed by atoms with van der Waals surface area (Å²) < 4.78 is 1.66. The predicted molar refractivity (Wildman–Crippen MR) is 37.7 cm³/mol. The molecule has 0 amide bonds. The van der Waals surface area contributed by atoms with Gasteiger partial charge in [0, 0.05) is 6.20 Å². The third kappa shape index (κ3) is 0.439. The predicted octanol–water partition coefficient (Wildman–Crippen LogP) is -0.568. The molecule has 0 bridgehead atoms. The Bertz CT molecular complexity index is 321. The van der Waals surface area contributed by atoms with E-state index in [2.05, 4.69) is 4.98 Å². The number of nitrogens with two attached hydrogens (primary N) is 2. The van der Waals surface area contributed by atoms with Gasteiger partial charge in [0.25, 0.3) is 0 Å². The second-order valence-electron chi connectivity index (χ2n) is 2.06. The number of fused-ring (bicyclic) bond motifs is 1. The Morgan fingerprint density at radius 3 is 3.00 bits per heavy atom. The summed E-state index contributed by atoms with van der Waals surface area (Å²) >= 11 is 0. The van der Waals surface area contributed by atoms with Crippen molar-refractivity contribution in [1.82, 2.24) is 14.3 Å². The van der Waals surface area contributed by atoms with Gasteiger partial charge in [0.15, 0.2) is 5.82 Å². The average Bonchev–Trinajstić information content (AvgIpc) is 2.41. The maximum absolute atomic E-state index is 5.49. The van der Waals surface area contributed by atoms with Gasteiger partial charge in [-0.2, -0.15) is 0 Å². The highest BCUT2D eigenvalue weighted by atomic mass is 15.5. The molecule has 5 heteroatoms. The quantitative estimate of drug-likeness (QED) is 0.477. The molecule has 0 aliphatic heterocycles. The molecule has 0 saturated carbocycles. The summed E-state index contributed by atoms with van der Waals surface area (Å²) in [5.41, 5.74) is 6.32. The molecule has 2 aromatic rings. The fourth-order valence-corrected chi connectivity index (χ4v) is 0.927. The molecule has 0 fully saturated rings. The number of anilines is 1. The number of nitrogens with zero attached hydrogens (tertiary/aromatic N) is 3. The van der Waals surface area contributed by atoms with E-state index in [1.54, 1.807) is 17.0 Å². The van der Waals surface area contributed by atoms with Crippen molar-refractivity contribution in [3.8, 4) is 0 Å². The molecular weight excluding hydrogens is 130 g/mol. The fraction of sp³-hybridized carbons (Fsp3) is 0. The van der Waals surface area contributed by atoms with Gasteiger partial charge in [-0.15, -0.1) is 0 Å². The number of imidazole rings is 1. The third-order valence-corrected chi connectivity index (χ3v) is 1.45. The first kappa shape index (κ1) is 5.16. The van der Waals surface area contributed by atoms with Gasteiger partial charge in [-0.25, -0.2) is 14.3 Å². The zero-order valence-corrected chi connectivity index (χ0v) is 5.23. The Hall–Kier alpha value is -1.65. The molecule has 0 saturated heterocycles. The lowest BCUT2D eigenvalue weighted by molar-refractivity contribution is 0.756. The van der Waals surface area contributed by atoms with Gasteiger partial charge in [-0.1, -0.05) is 0 Å². The summed E-state index contributed by atoms with van der Waals surface area (Å²) in [6, 6.07) is 1.81. The first-order chi connectivity index (χ1) is 4.79. The van der Waals surface area contributed by atoms with Crippen LogP contribution in [0.3, 0.4) is 0 Å². The first-order valence-corrected chi connectivity index (χ1v) is 2.84. The second kappa shape index (κ2) is 1.44. The van der Waals surface area contributed by atoms with E-state index in [1.165, 1.54) is 4.79 Å². The largest absolute Gasteiger partial charge is 0.382 e. The summed E-state index contributed by atoms with van der Waals surface area (Å²) in [4.78, 5) is 5.27. The van der Waals surface area contributed by atoms with Crippen LogP contribution >= 0.6 is 0 Å². The standard InChI is InChI=1S/C5H7N5/c6-5-4-1-2-10(7)9(4)3-8-5/h1-3H,6-7H2. The smallest absolute Gasteiger partial charge is 0.151 e. The third-order valence-electron chi connectivity index (χ3n) is 1.45. The number of aromatic nitrogens is 3. The highest BCUT2D eigenvalue weighted by Gasteiger charge is 2.00. The van der Waals surface area contributed by atoms with E-state index in [4.69, 9.17) is 11.6 Å². The van der Waals surface area contributed by atoms with Gasteiger partial charge < -0.3 is 11.6 Å². The molecule has 0 spiro atoms. The Kier molecular flexibility index (Phi) is 0.743. The molecule has 2 aromatic heterocycles. The van der Waals surface area contributed by atoms with E-state index in [9.17, 15) is 0 Å². The lowest BCUT2D eigenvalue weighted by Crippen LogP contribution is -2.12. The summed E-state index contributed by atoms with van der Waals surface area (Å²) in [5.74, 6) is 5.98. The molecule has 0 unspecified atom stereocenters. The topological polar surface area (TPSA) is 74.3 Å². The maximum atomic E-state index is 5.49. The fourth-order valence-electron chi connectivity index (χ4n) is 0.927. The highest BCUT2D eigenvalue weighted by molar-refractivity contribution is 5.64. The van der Waals surface area contributed by atoms with Crippen molar-refractivity contribution in [2.24, 2.45) is 0 Å². The van der Waals surface area contributed by atoms with Crippen molar-refractivity contribution in [2.45, 2.75) is 0 Å². The number of hydrogen-bond acceptors (Lipinski definition) is 3. The SMILES string of the molecule is Nc1ncn2c1ccn2N. The second-order valence-corrected chi connectivity index (χ2v) is 2.06. The van der Waals surface area contributed by atoms with Crippen molar-refractivity contribution in [3.05, 3.63) is 18.6 Å². The number of rotatable bonds is 0. The lowest BCUT2D eigenvalue weighted by atomic mass is 10.5. The van der Waals surface area contributed by atoms with Crippen molar-refractivity contribution < 1.29 is 0 Å². The first-order valence-electron chi connectivity index (χ1n) is 2.84. The Labute approximate surface area is 56.8 Å². The van der Waals surface area contributed by atoms with Gasteiger partial charge in [-0.3, -0.25) is 0 Å². The zero-order valence-electron chi connectivity index (χ0n) is 5.23. The van der Waals surface area contributed by atoms with Crippen molar-refractivity contribution >= 4 is 11.3 Å². The molecule has 0 aliphatic rings. The molecule has 0 atom stereocenters. The van der Waals surface area contributed by atoms with E-state index in [0.29, 0.717) is 5.82 Å². The van der Waals surface area contributed by atoms with E-state index < -0.39 is 0 Å². The van der Waals surface area contributed by atoms with Gasteiger partial charge >= 0.3 is 0 Å². The normalized spacial score (nSPS) is 10.8. The number of hydrogen-bond donors (Lipinski definition) is 2. The number of nitrogen functional groups attached to an aromatic ring is 2. The van der Waals surface area contributed by atoms with E-state index in [0.717, 1.165) is 5.52 Å². The van der Waals surface area contributed by atoms with Gasteiger partial charge in [0.05, 0.1) is 0 Å². The average molecular weight is 137 g/mol. The lowest BCUT2D eigenvalue weighted by Gasteiger charge is -1.91. The minimum Gasteiger partial charge on any atom is -0.382 e. The van der Waals surface area contributed by atoms with Crippen molar-refractivity contribution in [2.75, 3.05) is 11.6 Å². The molecule has 2 heterocycles. The van der Waals surface area contributed by atoms with Crippen LogP contribution in [0.1, 0.15) is 0 Å². The molecule has 0 aromatic carbocycles. The van der Waals surface area contributed by atoms with E-state index in [1.807, 2.05) is 6.07 Å². The summed E-state index contributed by atoms with van der Waals surface area (Å²) in [6.07, 6.45) is 3.29. The Balaban J connectivity index is 2.95. The van der Waals surface area contributed by atoms with Crippen LogP contribution < -0.4 is 11.6 Å².